The zero-order valence-electron chi connectivity index (χ0n) is 9.27. The fourth-order valence-corrected chi connectivity index (χ4v) is 2.98. The van der Waals surface area contributed by atoms with Crippen molar-refractivity contribution in [2.45, 2.75) is 70.0 Å². The number of rotatable bonds is 8. The van der Waals surface area contributed by atoms with Crippen LogP contribution < -0.4 is 0 Å². The predicted molar refractivity (Wildman–Crippen MR) is 63.5 cm³/mol. The third-order valence-corrected chi connectivity index (χ3v) is 4.54. The third-order valence-electron chi connectivity index (χ3n) is 3.02. The molecule has 0 aliphatic carbocycles. The lowest BCUT2D eigenvalue weighted by Crippen LogP contribution is -2.08. The zero-order chi connectivity index (χ0) is 9.57. The van der Waals surface area contributed by atoms with Crippen molar-refractivity contribution in [2.75, 3.05) is 5.75 Å². The maximum Gasteiger partial charge on any atom is 0.0251 e. The van der Waals surface area contributed by atoms with Gasteiger partial charge in [-0.2, -0.15) is 11.8 Å². The zero-order valence-corrected chi connectivity index (χ0v) is 10.1. The van der Waals surface area contributed by atoms with Crippen molar-refractivity contribution in [1.29, 1.82) is 0 Å². The largest absolute Gasteiger partial charge is 0.153 e. The second kappa shape index (κ2) is 5.95. The quantitative estimate of drug-likeness (QED) is 0.406. The average molecular weight is 200 g/mol. The average Bonchev–Trinajstić information content (AvgIpc) is 2.87. The van der Waals surface area contributed by atoms with E-state index in [9.17, 15) is 0 Å². The molecule has 13 heavy (non-hydrogen) atoms. The van der Waals surface area contributed by atoms with Crippen molar-refractivity contribution < 1.29 is 0 Å². The van der Waals surface area contributed by atoms with E-state index in [4.69, 9.17) is 0 Å². The van der Waals surface area contributed by atoms with Crippen molar-refractivity contribution >= 4 is 11.8 Å². The van der Waals surface area contributed by atoms with E-state index in [1.165, 1.54) is 57.1 Å². The molecule has 0 N–H and O–H groups in total. The molecular formula is C12H24S. The van der Waals surface area contributed by atoms with Crippen molar-refractivity contribution in [1.82, 2.24) is 0 Å². The van der Waals surface area contributed by atoms with E-state index < -0.39 is 0 Å². The molecule has 1 aliphatic rings. The van der Waals surface area contributed by atoms with Crippen LogP contribution in [0.25, 0.3) is 0 Å². The molecule has 0 bridgehead atoms. The molecule has 78 valence electrons. The second-order valence-electron chi connectivity index (χ2n) is 4.39. The van der Waals surface area contributed by atoms with E-state index in [2.05, 4.69) is 25.6 Å². The van der Waals surface area contributed by atoms with E-state index in [-0.39, 0.29) is 0 Å². The monoisotopic (exact) mass is 200 g/mol. The van der Waals surface area contributed by atoms with Gasteiger partial charge in [-0.15, -0.1) is 0 Å². The molecule has 1 heterocycles. The number of thioether (sulfide) groups is 1. The van der Waals surface area contributed by atoms with Crippen LogP contribution in [-0.4, -0.2) is 10.5 Å². The standard InChI is InChI=1S/C12H24S/c1-3-5-7-9-12(11-13-12)10-8-6-4-2/h3-11H2,1-2H3. The first kappa shape index (κ1) is 11.4. The predicted octanol–water partition coefficient (Wildman–Crippen LogP) is 4.63. The van der Waals surface area contributed by atoms with Gasteiger partial charge in [-0.3, -0.25) is 0 Å². The first-order valence-electron chi connectivity index (χ1n) is 5.97. The Morgan fingerprint density at radius 2 is 1.38 bits per heavy atom. The van der Waals surface area contributed by atoms with E-state index in [1.54, 1.807) is 0 Å². The van der Waals surface area contributed by atoms with E-state index >= 15 is 0 Å². The fourth-order valence-electron chi connectivity index (χ4n) is 1.91. The molecule has 0 unspecified atom stereocenters. The highest BCUT2D eigenvalue weighted by molar-refractivity contribution is 8.07. The molecule has 1 rings (SSSR count). The lowest BCUT2D eigenvalue weighted by Gasteiger charge is -2.12. The summed E-state index contributed by atoms with van der Waals surface area (Å²) in [5, 5.41) is 0. The summed E-state index contributed by atoms with van der Waals surface area (Å²) in [6.07, 6.45) is 11.5. The first-order valence-corrected chi connectivity index (χ1v) is 6.95. The molecule has 1 fully saturated rings. The summed E-state index contributed by atoms with van der Waals surface area (Å²) in [6, 6.07) is 0. The van der Waals surface area contributed by atoms with Crippen LogP contribution in [0.15, 0.2) is 0 Å². The molecule has 1 heteroatoms. The molecule has 0 aromatic heterocycles. The summed E-state index contributed by atoms with van der Waals surface area (Å²) < 4.78 is 0.768. The summed E-state index contributed by atoms with van der Waals surface area (Å²) in [5.74, 6) is 1.46. The minimum Gasteiger partial charge on any atom is -0.153 e. The summed E-state index contributed by atoms with van der Waals surface area (Å²) in [5.41, 5.74) is 0. The van der Waals surface area contributed by atoms with Crippen LogP contribution in [0.4, 0.5) is 0 Å². The normalized spacial score (nSPS) is 18.9. The molecule has 0 spiro atoms. The highest BCUT2D eigenvalue weighted by Crippen LogP contribution is 2.52. The molecule has 1 aliphatic heterocycles. The van der Waals surface area contributed by atoms with Gasteiger partial charge in [0.1, 0.15) is 0 Å². The van der Waals surface area contributed by atoms with E-state index in [0.29, 0.717) is 0 Å². The van der Waals surface area contributed by atoms with Crippen molar-refractivity contribution in [2.24, 2.45) is 0 Å². The van der Waals surface area contributed by atoms with Crippen LogP contribution in [0.1, 0.15) is 65.2 Å². The summed E-state index contributed by atoms with van der Waals surface area (Å²) in [6.45, 7) is 4.59. The van der Waals surface area contributed by atoms with Gasteiger partial charge in [-0.25, -0.2) is 0 Å². The Hall–Kier alpha value is 0.350. The van der Waals surface area contributed by atoms with Crippen LogP contribution in [0.2, 0.25) is 0 Å². The second-order valence-corrected chi connectivity index (χ2v) is 5.83. The molecule has 1 saturated heterocycles. The molecule has 0 nitrogen and oxygen atoms in total. The Morgan fingerprint density at radius 3 is 1.69 bits per heavy atom. The molecule has 0 aromatic carbocycles. The van der Waals surface area contributed by atoms with Crippen LogP contribution in [0.5, 0.6) is 0 Å². The molecule has 0 radical (unpaired) electrons. The number of hydrogen-bond acceptors (Lipinski definition) is 1. The van der Waals surface area contributed by atoms with E-state index in [1.807, 2.05) is 0 Å². The van der Waals surface area contributed by atoms with Gasteiger partial charge >= 0.3 is 0 Å². The number of unbranched alkanes of at least 4 members (excludes halogenated alkanes) is 4. The Kier molecular flexibility index (Phi) is 5.23. The van der Waals surface area contributed by atoms with Crippen LogP contribution >= 0.6 is 11.8 Å². The van der Waals surface area contributed by atoms with Crippen LogP contribution in [-0.2, 0) is 0 Å². The van der Waals surface area contributed by atoms with Gasteiger partial charge in [0.15, 0.2) is 0 Å². The highest BCUT2D eigenvalue weighted by atomic mass is 32.2. The molecular weight excluding hydrogens is 176 g/mol. The van der Waals surface area contributed by atoms with Crippen molar-refractivity contribution in [3.8, 4) is 0 Å². The Labute approximate surface area is 87.9 Å². The summed E-state index contributed by atoms with van der Waals surface area (Å²) in [4.78, 5) is 0. The van der Waals surface area contributed by atoms with Gasteiger partial charge in [0.05, 0.1) is 0 Å². The topological polar surface area (TPSA) is 0 Å². The minimum absolute atomic E-state index is 0.768. The molecule has 0 aromatic rings. The maximum atomic E-state index is 2.30. The Morgan fingerprint density at radius 1 is 0.923 bits per heavy atom. The van der Waals surface area contributed by atoms with Crippen molar-refractivity contribution in [3.05, 3.63) is 0 Å². The number of hydrogen-bond donors (Lipinski definition) is 0. The smallest absolute Gasteiger partial charge is 0.0251 e. The van der Waals surface area contributed by atoms with Crippen molar-refractivity contribution in [3.63, 3.8) is 0 Å². The SMILES string of the molecule is CCCCCC1(CCCCC)CS1. The summed E-state index contributed by atoms with van der Waals surface area (Å²) >= 11 is 2.22. The first-order chi connectivity index (χ1) is 6.33. The van der Waals surface area contributed by atoms with Gasteiger partial charge in [0.2, 0.25) is 0 Å². The molecule has 0 atom stereocenters. The van der Waals surface area contributed by atoms with Crippen LogP contribution in [0, 0.1) is 0 Å². The highest BCUT2D eigenvalue weighted by Gasteiger charge is 2.41. The van der Waals surface area contributed by atoms with E-state index in [0.717, 1.165) is 4.75 Å². The van der Waals surface area contributed by atoms with Gasteiger partial charge in [0, 0.05) is 10.5 Å². The lowest BCUT2D eigenvalue weighted by atomic mass is 9.97. The summed E-state index contributed by atoms with van der Waals surface area (Å²) in [7, 11) is 0. The maximum absolute atomic E-state index is 2.30. The molecule has 0 amide bonds. The minimum atomic E-state index is 0.768. The van der Waals surface area contributed by atoms with Gasteiger partial charge in [-0.1, -0.05) is 52.4 Å². The van der Waals surface area contributed by atoms with Gasteiger partial charge < -0.3 is 0 Å². The lowest BCUT2D eigenvalue weighted by molar-refractivity contribution is 0.520. The van der Waals surface area contributed by atoms with Gasteiger partial charge in [-0.05, 0) is 12.8 Å². The Bertz CT molecular complexity index is 115. The Balaban J connectivity index is 2.01. The third kappa shape index (κ3) is 4.39. The molecule has 0 saturated carbocycles. The van der Waals surface area contributed by atoms with Crippen LogP contribution in [0.3, 0.4) is 0 Å². The fraction of sp³-hybridized carbons (Fsp3) is 1.00. The van der Waals surface area contributed by atoms with Gasteiger partial charge in [0.25, 0.3) is 0 Å².